The molecule has 1 aromatic heterocycles. The molecule has 0 saturated heterocycles. The van der Waals surface area contributed by atoms with Crippen LogP contribution in [-0.4, -0.2) is 4.98 Å². The van der Waals surface area contributed by atoms with Crippen molar-refractivity contribution in [3.05, 3.63) is 44.9 Å². The summed E-state index contributed by atoms with van der Waals surface area (Å²) in [6.07, 6.45) is 0.856. The molecule has 2 aromatic rings. The van der Waals surface area contributed by atoms with E-state index in [-0.39, 0.29) is 0 Å². The van der Waals surface area contributed by atoms with Gasteiger partial charge in [-0.2, -0.15) is 0 Å². The van der Waals surface area contributed by atoms with Crippen molar-refractivity contribution in [3.63, 3.8) is 0 Å². The maximum atomic E-state index is 6.05. The number of hydrogen-bond acceptors (Lipinski definition) is 3. The normalized spacial score (nSPS) is 11.2. The van der Waals surface area contributed by atoms with Crippen LogP contribution in [0.15, 0.2) is 18.2 Å². The molecule has 0 aliphatic rings. The standard InChI is InChI=1S/C14H17ClN2S/c1-8(2)13-12(18-14(16)17-13)7-10-6-11(15)5-4-9(10)3/h4-6,8H,7H2,1-3H3,(H2,16,17). The molecule has 1 aromatic carbocycles. The van der Waals surface area contributed by atoms with Gasteiger partial charge in [0.05, 0.1) is 5.69 Å². The average molecular weight is 281 g/mol. The van der Waals surface area contributed by atoms with E-state index in [4.69, 9.17) is 17.3 Å². The molecular weight excluding hydrogens is 264 g/mol. The van der Waals surface area contributed by atoms with Crippen molar-refractivity contribution >= 4 is 28.1 Å². The van der Waals surface area contributed by atoms with E-state index in [0.29, 0.717) is 11.0 Å². The Kier molecular flexibility index (Phi) is 3.93. The first kappa shape index (κ1) is 13.4. The molecule has 96 valence electrons. The van der Waals surface area contributed by atoms with Crippen molar-refractivity contribution < 1.29 is 0 Å². The van der Waals surface area contributed by atoms with E-state index in [9.17, 15) is 0 Å². The Morgan fingerprint density at radius 1 is 1.39 bits per heavy atom. The lowest BCUT2D eigenvalue weighted by Gasteiger charge is -2.08. The number of hydrogen-bond donors (Lipinski definition) is 1. The van der Waals surface area contributed by atoms with E-state index in [1.807, 2.05) is 12.1 Å². The first-order valence-corrected chi connectivity index (χ1v) is 7.17. The molecule has 0 saturated carbocycles. The highest BCUT2D eigenvalue weighted by Gasteiger charge is 2.14. The molecule has 0 radical (unpaired) electrons. The number of aryl methyl sites for hydroxylation is 1. The van der Waals surface area contributed by atoms with E-state index in [1.54, 1.807) is 11.3 Å². The minimum absolute atomic E-state index is 0.396. The van der Waals surface area contributed by atoms with Crippen LogP contribution in [0.5, 0.6) is 0 Å². The van der Waals surface area contributed by atoms with Crippen molar-refractivity contribution in [2.24, 2.45) is 0 Å². The van der Waals surface area contributed by atoms with Gasteiger partial charge in [-0.25, -0.2) is 4.98 Å². The predicted octanol–water partition coefficient (Wildman–Crippen LogP) is 4.40. The van der Waals surface area contributed by atoms with E-state index in [1.165, 1.54) is 16.0 Å². The first-order chi connectivity index (χ1) is 8.47. The summed E-state index contributed by atoms with van der Waals surface area (Å²) in [5, 5.41) is 1.42. The summed E-state index contributed by atoms with van der Waals surface area (Å²) >= 11 is 7.63. The van der Waals surface area contributed by atoms with Crippen molar-refractivity contribution in [1.29, 1.82) is 0 Å². The molecule has 0 atom stereocenters. The zero-order valence-corrected chi connectivity index (χ0v) is 12.4. The van der Waals surface area contributed by atoms with Gasteiger partial charge in [0.25, 0.3) is 0 Å². The number of thiazole rings is 1. The number of aromatic nitrogens is 1. The van der Waals surface area contributed by atoms with Gasteiger partial charge in [-0.1, -0.05) is 31.5 Å². The summed E-state index contributed by atoms with van der Waals surface area (Å²) in [7, 11) is 0. The third kappa shape index (κ3) is 2.85. The smallest absolute Gasteiger partial charge is 0.180 e. The molecular formula is C14H17ClN2S. The van der Waals surface area contributed by atoms with Crippen LogP contribution < -0.4 is 5.73 Å². The van der Waals surface area contributed by atoms with Gasteiger partial charge in [-0.3, -0.25) is 0 Å². The second-order valence-corrected chi connectivity index (χ2v) is 6.31. The number of nitrogens with two attached hydrogens (primary N) is 1. The monoisotopic (exact) mass is 280 g/mol. The summed E-state index contributed by atoms with van der Waals surface area (Å²) in [4.78, 5) is 5.67. The Hall–Kier alpha value is -1.06. The number of nitrogens with zero attached hydrogens (tertiary/aromatic N) is 1. The number of halogens is 1. The molecule has 0 aliphatic heterocycles. The van der Waals surface area contributed by atoms with Crippen LogP contribution in [0.2, 0.25) is 5.02 Å². The SMILES string of the molecule is Cc1ccc(Cl)cc1Cc1sc(N)nc1C(C)C. The fraction of sp³-hybridized carbons (Fsp3) is 0.357. The highest BCUT2D eigenvalue weighted by atomic mass is 35.5. The van der Waals surface area contributed by atoms with Crippen molar-refractivity contribution in [1.82, 2.24) is 4.98 Å². The van der Waals surface area contributed by atoms with Crippen molar-refractivity contribution in [2.75, 3.05) is 5.73 Å². The molecule has 0 amide bonds. The van der Waals surface area contributed by atoms with Crippen molar-refractivity contribution in [2.45, 2.75) is 33.1 Å². The Bertz CT molecular complexity index is 561. The summed E-state index contributed by atoms with van der Waals surface area (Å²) in [5.74, 6) is 0.396. The van der Waals surface area contributed by atoms with Gasteiger partial charge in [0, 0.05) is 16.3 Å². The van der Waals surface area contributed by atoms with Crippen LogP contribution in [0.25, 0.3) is 0 Å². The van der Waals surface area contributed by atoms with Gasteiger partial charge < -0.3 is 5.73 Å². The minimum Gasteiger partial charge on any atom is -0.375 e. The Morgan fingerprint density at radius 3 is 2.78 bits per heavy atom. The number of nitrogen functional groups attached to an aromatic ring is 1. The highest BCUT2D eigenvalue weighted by Crippen LogP contribution is 2.30. The molecule has 0 bridgehead atoms. The largest absolute Gasteiger partial charge is 0.375 e. The lowest BCUT2D eigenvalue weighted by atomic mass is 10.0. The van der Waals surface area contributed by atoms with Crippen molar-refractivity contribution in [3.8, 4) is 0 Å². The maximum absolute atomic E-state index is 6.05. The first-order valence-electron chi connectivity index (χ1n) is 5.97. The molecule has 2 rings (SSSR count). The van der Waals surface area contributed by atoms with Gasteiger partial charge in [0.15, 0.2) is 5.13 Å². The Labute approximate surface area is 117 Å². The fourth-order valence-electron chi connectivity index (χ4n) is 1.96. The van der Waals surface area contributed by atoms with Gasteiger partial charge in [-0.05, 0) is 36.1 Å². The molecule has 1 heterocycles. The van der Waals surface area contributed by atoms with Crippen LogP contribution in [0, 0.1) is 6.92 Å². The Morgan fingerprint density at radius 2 is 2.11 bits per heavy atom. The predicted molar refractivity (Wildman–Crippen MR) is 79.6 cm³/mol. The number of anilines is 1. The van der Waals surface area contributed by atoms with Crippen LogP contribution in [0.4, 0.5) is 5.13 Å². The number of rotatable bonds is 3. The summed E-state index contributed by atoms with van der Waals surface area (Å²) in [5.41, 5.74) is 9.42. The van der Waals surface area contributed by atoms with Gasteiger partial charge in [0.1, 0.15) is 0 Å². The molecule has 18 heavy (non-hydrogen) atoms. The van der Waals surface area contributed by atoms with Crippen LogP contribution >= 0.6 is 22.9 Å². The average Bonchev–Trinajstić information content (AvgIpc) is 2.65. The van der Waals surface area contributed by atoms with E-state index in [2.05, 4.69) is 31.8 Å². The van der Waals surface area contributed by atoms with Crippen LogP contribution in [0.1, 0.15) is 41.5 Å². The topological polar surface area (TPSA) is 38.9 Å². The molecule has 0 fully saturated rings. The quantitative estimate of drug-likeness (QED) is 0.905. The molecule has 0 aliphatic carbocycles. The van der Waals surface area contributed by atoms with E-state index < -0.39 is 0 Å². The van der Waals surface area contributed by atoms with Gasteiger partial charge in [-0.15, -0.1) is 11.3 Å². The summed E-state index contributed by atoms with van der Waals surface area (Å²) in [6.45, 7) is 6.39. The highest BCUT2D eigenvalue weighted by molar-refractivity contribution is 7.15. The third-order valence-corrected chi connectivity index (χ3v) is 4.09. The molecule has 0 unspecified atom stereocenters. The zero-order valence-electron chi connectivity index (χ0n) is 10.8. The minimum atomic E-state index is 0.396. The third-order valence-electron chi connectivity index (χ3n) is 2.95. The molecule has 2 N–H and O–H groups in total. The lowest BCUT2D eigenvalue weighted by molar-refractivity contribution is 0.820. The fourth-order valence-corrected chi connectivity index (χ4v) is 3.17. The Balaban J connectivity index is 2.36. The van der Waals surface area contributed by atoms with Crippen LogP contribution in [0.3, 0.4) is 0 Å². The molecule has 0 spiro atoms. The van der Waals surface area contributed by atoms with E-state index in [0.717, 1.165) is 17.1 Å². The molecule has 2 nitrogen and oxygen atoms in total. The zero-order chi connectivity index (χ0) is 13.3. The second-order valence-electron chi connectivity index (χ2n) is 4.76. The number of benzene rings is 1. The van der Waals surface area contributed by atoms with Gasteiger partial charge in [0.2, 0.25) is 0 Å². The van der Waals surface area contributed by atoms with Crippen LogP contribution in [-0.2, 0) is 6.42 Å². The molecule has 4 heteroatoms. The summed E-state index contributed by atoms with van der Waals surface area (Å²) in [6, 6.07) is 6.00. The van der Waals surface area contributed by atoms with E-state index >= 15 is 0 Å². The summed E-state index contributed by atoms with van der Waals surface area (Å²) < 4.78 is 0. The van der Waals surface area contributed by atoms with Gasteiger partial charge >= 0.3 is 0 Å². The maximum Gasteiger partial charge on any atom is 0.180 e. The second kappa shape index (κ2) is 5.29. The lowest BCUT2D eigenvalue weighted by Crippen LogP contribution is -1.97.